The summed E-state index contributed by atoms with van der Waals surface area (Å²) in [6, 6.07) is 7.65. The Morgan fingerprint density at radius 2 is 2.06 bits per heavy atom. The Balaban J connectivity index is 2.04. The zero-order valence-corrected chi connectivity index (χ0v) is 11.7. The predicted molar refractivity (Wildman–Crippen MR) is 75.2 cm³/mol. The number of benzene rings is 1. The molecule has 0 saturated carbocycles. The van der Waals surface area contributed by atoms with Crippen LogP contribution in [0.5, 0.6) is 0 Å². The van der Waals surface area contributed by atoms with Gasteiger partial charge in [-0.1, -0.05) is 36.2 Å². The average molecular weight is 284 g/mol. The molecule has 0 fully saturated rings. The Labute approximate surface area is 117 Å². The van der Waals surface area contributed by atoms with Crippen molar-refractivity contribution >= 4 is 23.2 Å². The molecule has 0 saturated heterocycles. The Hall–Kier alpha value is -1.03. The van der Waals surface area contributed by atoms with Gasteiger partial charge in [-0.3, -0.25) is 4.68 Å². The molecule has 0 aliphatic heterocycles. The summed E-state index contributed by atoms with van der Waals surface area (Å²) in [4.78, 5) is 0. The van der Waals surface area contributed by atoms with Crippen LogP contribution in [-0.2, 0) is 13.1 Å². The van der Waals surface area contributed by atoms with Crippen LogP contribution in [0.3, 0.4) is 0 Å². The fraction of sp³-hybridized carbons (Fsp3) is 0.308. The molecular weight excluding hydrogens is 269 g/mol. The van der Waals surface area contributed by atoms with E-state index in [9.17, 15) is 0 Å². The number of nitrogens with one attached hydrogen (secondary N) is 1. The minimum atomic E-state index is 0.578. The number of halogens is 2. The molecule has 1 heterocycles. The smallest absolute Gasteiger partial charge is 0.0762 e. The van der Waals surface area contributed by atoms with Gasteiger partial charge in [0.1, 0.15) is 0 Å². The van der Waals surface area contributed by atoms with E-state index in [1.807, 2.05) is 35.1 Å². The lowest BCUT2D eigenvalue weighted by atomic mass is 10.2. The van der Waals surface area contributed by atoms with Crippen molar-refractivity contribution in [2.75, 3.05) is 6.54 Å². The molecule has 0 unspecified atom stereocenters. The van der Waals surface area contributed by atoms with Crippen molar-refractivity contribution in [1.29, 1.82) is 0 Å². The number of hydrogen-bond acceptors (Lipinski definition) is 2. The average Bonchev–Trinajstić information content (AvgIpc) is 2.79. The molecule has 18 heavy (non-hydrogen) atoms. The van der Waals surface area contributed by atoms with E-state index in [2.05, 4.69) is 17.3 Å². The highest BCUT2D eigenvalue weighted by molar-refractivity contribution is 6.42. The molecule has 1 aromatic heterocycles. The van der Waals surface area contributed by atoms with Crippen molar-refractivity contribution in [3.63, 3.8) is 0 Å². The van der Waals surface area contributed by atoms with E-state index in [-0.39, 0.29) is 0 Å². The Morgan fingerprint density at radius 3 is 2.78 bits per heavy atom. The van der Waals surface area contributed by atoms with E-state index < -0.39 is 0 Å². The van der Waals surface area contributed by atoms with Crippen LogP contribution in [0.4, 0.5) is 0 Å². The van der Waals surface area contributed by atoms with Crippen LogP contribution in [0.15, 0.2) is 30.5 Å². The van der Waals surface area contributed by atoms with Crippen molar-refractivity contribution in [2.45, 2.75) is 20.0 Å². The fourth-order valence-electron chi connectivity index (χ4n) is 1.66. The van der Waals surface area contributed by atoms with Crippen LogP contribution in [0, 0.1) is 0 Å². The normalized spacial score (nSPS) is 10.8. The second-order valence-corrected chi connectivity index (χ2v) is 4.85. The third kappa shape index (κ3) is 3.48. The van der Waals surface area contributed by atoms with Crippen LogP contribution in [0.1, 0.15) is 18.2 Å². The third-order valence-corrected chi connectivity index (χ3v) is 3.32. The van der Waals surface area contributed by atoms with Crippen LogP contribution in [-0.4, -0.2) is 16.3 Å². The van der Waals surface area contributed by atoms with E-state index >= 15 is 0 Å². The molecule has 1 N–H and O–H groups in total. The van der Waals surface area contributed by atoms with E-state index in [0.717, 1.165) is 24.3 Å². The first-order chi connectivity index (χ1) is 8.69. The minimum Gasteiger partial charge on any atom is -0.311 e. The van der Waals surface area contributed by atoms with Crippen molar-refractivity contribution in [2.24, 2.45) is 0 Å². The molecule has 0 radical (unpaired) electrons. The van der Waals surface area contributed by atoms with Crippen LogP contribution in [0.2, 0.25) is 10.0 Å². The summed E-state index contributed by atoms with van der Waals surface area (Å²) in [5.41, 5.74) is 2.12. The number of rotatable bonds is 5. The maximum atomic E-state index is 5.98. The Kier molecular flexibility index (Phi) is 4.64. The first-order valence-electron chi connectivity index (χ1n) is 5.86. The van der Waals surface area contributed by atoms with Gasteiger partial charge < -0.3 is 5.32 Å². The number of hydrogen-bond donors (Lipinski definition) is 1. The maximum absolute atomic E-state index is 5.98. The second-order valence-electron chi connectivity index (χ2n) is 4.03. The highest BCUT2D eigenvalue weighted by atomic mass is 35.5. The van der Waals surface area contributed by atoms with Gasteiger partial charge in [0.15, 0.2) is 0 Å². The Morgan fingerprint density at radius 1 is 1.22 bits per heavy atom. The van der Waals surface area contributed by atoms with Gasteiger partial charge in [-0.2, -0.15) is 5.10 Å². The van der Waals surface area contributed by atoms with Gasteiger partial charge in [0.2, 0.25) is 0 Å². The van der Waals surface area contributed by atoms with Gasteiger partial charge in [0, 0.05) is 12.7 Å². The van der Waals surface area contributed by atoms with Gasteiger partial charge in [-0.05, 0) is 30.3 Å². The third-order valence-electron chi connectivity index (χ3n) is 2.58. The molecule has 2 aromatic rings. The quantitative estimate of drug-likeness (QED) is 0.912. The van der Waals surface area contributed by atoms with Crippen molar-refractivity contribution < 1.29 is 0 Å². The summed E-state index contributed by atoms with van der Waals surface area (Å²) in [7, 11) is 0. The highest BCUT2D eigenvalue weighted by Gasteiger charge is 2.02. The van der Waals surface area contributed by atoms with Crippen molar-refractivity contribution in [3.8, 4) is 0 Å². The molecule has 5 heteroatoms. The predicted octanol–water partition coefficient (Wildman–Crippen LogP) is 3.35. The van der Waals surface area contributed by atoms with Gasteiger partial charge >= 0.3 is 0 Å². The van der Waals surface area contributed by atoms with E-state index in [1.54, 1.807) is 0 Å². The summed E-state index contributed by atoms with van der Waals surface area (Å²) in [5, 5.41) is 8.87. The van der Waals surface area contributed by atoms with Gasteiger partial charge in [0.05, 0.1) is 22.3 Å². The van der Waals surface area contributed by atoms with Crippen LogP contribution in [0.25, 0.3) is 0 Å². The molecule has 0 aliphatic carbocycles. The minimum absolute atomic E-state index is 0.578. The largest absolute Gasteiger partial charge is 0.311 e. The summed E-state index contributed by atoms with van der Waals surface area (Å²) in [5.74, 6) is 0. The molecule has 0 aliphatic rings. The lowest BCUT2D eigenvalue weighted by Gasteiger charge is -2.04. The topological polar surface area (TPSA) is 29.9 Å². The zero-order chi connectivity index (χ0) is 13.0. The molecule has 1 aromatic carbocycles. The number of nitrogens with zero attached hydrogens (tertiary/aromatic N) is 2. The molecule has 96 valence electrons. The van der Waals surface area contributed by atoms with Gasteiger partial charge in [-0.15, -0.1) is 0 Å². The maximum Gasteiger partial charge on any atom is 0.0762 e. The molecular formula is C13H15Cl2N3. The zero-order valence-electron chi connectivity index (χ0n) is 10.2. The van der Waals surface area contributed by atoms with Crippen molar-refractivity contribution in [1.82, 2.24) is 15.1 Å². The lowest BCUT2D eigenvalue weighted by molar-refractivity contribution is 0.644. The van der Waals surface area contributed by atoms with Crippen LogP contribution < -0.4 is 5.32 Å². The summed E-state index contributed by atoms with van der Waals surface area (Å²) in [6.45, 7) is 4.51. The highest BCUT2D eigenvalue weighted by Crippen LogP contribution is 2.22. The Bertz CT molecular complexity index is 523. The molecule has 0 atom stereocenters. The molecule has 0 spiro atoms. The van der Waals surface area contributed by atoms with Gasteiger partial charge in [-0.25, -0.2) is 0 Å². The summed E-state index contributed by atoms with van der Waals surface area (Å²) in [6.07, 6.45) is 1.97. The van der Waals surface area contributed by atoms with Crippen molar-refractivity contribution in [3.05, 3.63) is 51.8 Å². The molecule has 0 amide bonds. The van der Waals surface area contributed by atoms with E-state index in [0.29, 0.717) is 16.6 Å². The van der Waals surface area contributed by atoms with E-state index in [1.165, 1.54) is 0 Å². The van der Waals surface area contributed by atoms with Gasteiger partial charge in [0.25, 0.3) is 0 Å². The standard InChI is InChI=1S/C13H15Cl2N3/c1-2-16-8-11-5-6-18(17-11)9-10-3-4-12(14)13(15)7-10/h3-7,16H,2,8-9H2,1H3. The summed E-state index contributed by atoms with van der Waals surface area (Å²) >= 11 is 11.9. The number of aromatic nitrogens is 2. The first-order valence-corrected chi connectivity index (χ1v) is 6.61. The van der Waals surface area contributed by atoms with Crippen LogP contribution >= 0.6 is 23.2 Å². The fourth-order valence-corrected chi connectivity index (χ4v) is 1.98. The second kappa shape index (κ2) is 6.23. The summed E-state index contributed by atoms with van der Waals surface area (Å²) < 4.78 is 1.90. The van der Waals surface area contributed by atoms with E-state index in [4.69, 9.17) is 23.2 Å². The first kappa shape index (κ1) is 13.4. The lowest BCUT2D eigenvalue weighted by Crippen LogP contribution is -2.12. The SMILES string of the molecule is CCNCc1ccn(Cc2ccc(Cl)c(Cl)c2)n1. The molecule has 0 bridgehead atoms. The monoisotopic (exact) mass is 283 g/mol. The molecule has 3 nitrogen and oxygen atoms in total. The molecule has 2 rings (SSSR count).